The van der Waals surface area contributed by atoms with Gasteiger partial charge in [0.1, 0.15) is 5.75 Å². The Bertz CT molecular complexity index is 616. The van der Waals surface area contributed by atoms with Gasteiger partial charge in [-0.25, -0.2) is 0 Å². The second kappa shape index (κ2) is 5.53. The maximum absolute atomic E-state index is 12.2. The Labute approximate surface area is 113 Å². The molecule has 0 saturated heterocycles. The van der Waals surface area contributed by atoms with E-state index in [9.17, 15) is 4.79 Å². The van der Waals surface area contributed by atoms with E-state index in [1.807, 2.05) is 38.1 Å². The summed E-state index contributed by atoms with van der Waals surface area (Å²) in [5.74, 6) is 0.883. The van der Waals surface area contributed by atoms with E-state index in [1.165, 1.54) is 0 Å². The van der Waals surface area contributed by atoms with Crippen LogP contribution in [0.3, 0.4) is 0 Å². The van der Waals surface area contributed by atoms with E-state index in [1.54, 1.807) is 24.3 Å². The molecule has 2 rings (SSSR count). The highest BCUT2D eigenvalue weighted by Gasteiger charge is 2.26. The zero-order valence-corrected chi connectivity index (χ0v) is 11.1. The molecule has 1 aromatic carbocycles. The Balaban J connectivity index is 2.40. The normalized spacial score (nSPS) is 17.4. The lowest BCUT2D eigenvalue weighted by Gasteiger charge is -2.01. The van der Waals surface area contributed by atoms with Gasteiger partial charge in [0.2, 0.25) is 5.78 Å². The van der Waals surface area contributed by atoms with Gasteiger partial charge in [-0.3, -0.25) is 4.79 Å². The van der Waals surface area contributed by atoms with Gasteiger partial charge in [0.25, 0.3) is 0 Å². The fourth-order valence-corrected chi connectivity index (χ4v) is 1.96. The summed E-state index contributed by atoms with van der Waals surface area (Å²) < 4.78 is 5.59. The highest BCUT2D eigenvalue weighted by atomic mass is 16.5. The van der Waals surface area contributed by atoms with E-state index in [4.69, 9.17) is 4.74 Å². The highest BCUT2D eigenvalue weighted by Crippen LogP contribution is 2.31. The lowest BCUT2D eigenvalue weighted by molar-refractivity contribution is 0.101. The van der Waals surface area contributed by atoms with Gasteiger partial charge < -0.3 is 4.74 Å². The van der Waals surface area contributed by atoms with Gasteiger partial charge in [-0.15, -0.1) is 0 Å². The molecule has 1 aliphatic rings. The summed E-state index contributed by atoms with van der Waals surface area (Å²) in [6.45, 7) is 7.70. The van der Waals surface area contributed by atoms with E-state index in [2.05, 4.69) is 6.58 Å². The number of hydrogen-bond acceptors (Lipinski definition) is 2. The Morgan fingerprint density at radius 3 is 2.68 bits per heavy atom. The van der Waals surface area contributed by atoms with Crippen molar-refractivity contribution in [2.75, 3.05) is 0 Å². The molecule has 0 amide bonds. The summed E-state index contributed by atoms with van der Waals surface area (Å²) in [6, 6.07) is 7.25. The summed E-state index contributed by atoms with van der Waals surface area (Å²) >= 11 is 0. The van der Waals surface area contributed by atoms with Crippen molar-refractivity contribution < 1.29 is 9.53 Å². The molecule has 0 fully saturated rings. The van der Waals surface area contributed by atoms with Gasteiger partial charge in [0.15, 0.2) is 5.76 Å². The van der Waals surface area contributed by atoms with Crippen LogP contribution in [0.1, 0.15) is 24.2 Å². The first kappa shape index (κ1) is 13.1. The van der Waals surface area contributed by atoms with Crippen LogP contribution < -0.4 is 4.74 Å². The van der Waals surface area contributed by atoms with Crippen molar-refractivity contribution in [3.05, 3.63) is 77.6 Å². The van der Waals surface area contributed by atoms with Crippen molar-refractivity contribution in [2.24, 2.45) is 0 Å². The van der Waals surface area contributed by atoms with Crippen LogP contribution in [0.15, 0.2) is 72.1 Å². The number of ether oxygens (including phenoxy) is 1. The van der Waals surface area contributed by atoms with Gasteiger partial charge in [-0.05, 0) is 43.2 Å². The fourth-order valence-electron chi connectivity index (χ4n) is 1.96. The van der Waals surface area contributed by atoms with Gasteiger partial charge in [-0.1, -0.05) is 36.9 Å². The highest BCUT2D eigenvalue weighted by molar-refractivity contribution is 6.12. The van der Waals surface area contributed by atoms with Crippen molar-refractivity contribution in [3.8, 4) is 5.75 Å². The number of fused-ring (bicyclic) bond motifs is 1. The predicted octanol–water partition coefficient (Wildman–Crippen LogP) is 4.22. The first-order valence-corrected chi connectivity index (χ1v) is 6.16. The quantitative estimate of drug-likeness (QED) is 0.594. The van der Waals surface area contributed by atoms with E-state index in [0.717, 1.165) is 11.1 Å². The molecular weight excluding hydrogens is 236 g/mol. The van der Waals surface area contributed by atoms with Crippen LogP contribution >= 0.6 is 0 Å². The molecule has 1 heterocycles. The van der Waals surface area contributed by atoms with Crippen LogP contribution in [0, 0.1) is 0 Å². The van der Waals surface area contributed by atoms with Crippen LogP contribution in [0.25, 0.3) is 0 Å². The van der Waals surface area contributed by atoms with Crippen LogP contribution in [-0.4, -0.2) is 5.78 Å². The molecule has 2 nitrogen and oxygen atoms in total. The Hall–Kier alpha value is -2.35. The predicted molar refractivity (Wildman–Crippen MR) is 77.2 cm³/mol. The molecule has 0 radical (unpaired) electrons. The topological polar surface area (TPSA) is 26.3 Å². The maximum atomic E-state index is 12.2. The maximum Gasteiger partial charge on any atom is 0.231 e. The average molecular weight is 252 g/mol. The lowest BCUT2D eigenvalue weighted by atomic mass is 10.1. The third-order valence-corrected chi connectivity index (χ3v) is 2.95. The monoisotopic (exact) mass is 252 g/mol. The summed E-state index contributed by atoms with van der Waals surface area (Å²) in [6.07, 6.45) is 7.39. The number of rotatable bonds is 3. The molecule has 2 heteroatoms. The lowest BCUT2D eigenvalue weighted by Crippen LogP contribution is -1.99. The van der Waals surface area contributed by atoms with Gasteiger partial charge in [0.05, 0.1) is 5.56 Å². The molecule has 0 bridgehead atoms. The van der Waals surface area contributed by atoms with Gasteiger partial charge in [-0.2, -0.15) is 0 Å². The molecule has 0 saturated carbocycles. The summed E-state index contributed by atoms with van der Waals surface area (Å²) in [5.41, 5.74) is 2.53. The number of benzene rings is 1. The molecule has 1 aliphatic heterocycles. The molecule has 0 N–H and O–H groups in total. The van der Waals surface area contributed by atoms with Crippen LogP contribution in [0.4, 0.5) is 0 Å². The number of Topliss-reactive ketones (excluding diaryl/α,β-unsaturated/α-hetero) is 1. The van der Waals surface area contributed by atoms with Crippen LogP contribution in [0.2, 0.25) is 0 Å². The van der Waals surface area contributed by atoms with Crippen LogP contribution in [0.5, 0.6) is 5.75 Å². The minimum absolute atomic E-state index is 0.0803. The Kier molecular flexibility index (Phi) is 3.81. The van der Waals surface area contributed by atoms with Crippen molar-refractivity contribution >= 4 is 5.78 Å². The number of ketones is 1. The molecule has 0 aliphatic carbocycles. The summed E-state index contributed by atoms with van der Waals surface area (Å²) in [4.78, 5) is 12.2. The molecule has 0 unspecified atom stereocenters. The smallest absolute Gasteiger partial charge is 0.231 e. The van der Waals surface area contributed by atoms with E-state index in [0.29, 0.717) is 17.1 Å². The Morgan fingerprint density at radius 2 is 2.05 bits per heavy atom. The number of carbonyl (C=O) groups is 1. The Morgan fingerprint density at radius 1 is 1.32 bits per heavy atom. The van der Waals surface area contributed by atoms with Crippen molar-refractivity contribution in [1.82, 2.24) is 0 Å². The van der Waals surface area contributed by atoms with Crippen LogP contribution in [-0.2, 0) is 0 Å². The average Bonchev–Trinajstić information content (AvgIpc) is 2.73. The zero-order chi connectivity index (χ0) is 13.8. The SMILES string of the molecule is C=CC(/C=C1\Oc2ccccc2C1=O)=C(C)\C=C/C. The molecule has 1 aromatic rings. The largest absolute Gasteiger partial charge is 0.452 e. The molecule has 0 atom stereocenters. The second-order valence-corrected chi connectivity index (χ2v) is 4.28. The third-order valence-electron chi connectivity index (χ3n) is 2.95. The standard InChI is InChI=1S/C17H16O2/c1-4-8-12(3)13(5-2)11-16-17(18)14-9-6-7-10-15(14)19-16/h4-11H,2H2,1,3H3/b8-4-,13-12+,16-11-. The number of hydrogen-bond donors (Lipinski definition) is 0. The molecular formula is C17H16O2. The molecule has 0 aromatic heterocycles. The minimum atomic E-state index is -0.0803. The minimum Gasteiger partial charge on any atom is -0.452 e. The fraction of sp³-hybridized carbons (Fsp3) is 0.118. The van der Waals surface area contributed by atoms with Crippen molar-refractivity contribution in [2.45, 2.75) is 13.8 Å². The number of para-hydroxylation sites is 1. The van der Waals surface area contributed by atoms with Gasteiger partial charge >= 0.3 is 0 Å². The summed E-state index contributed by atoms with van der Waals surface area (Å²) in [7, 11) is 0. The van der Waals surface area contributed by atoms with Crippen molar-refractivity contribution in [1.29, 1.82) is 0 Å². The number of allylic oxidation sites excluding steroid dienone is 7. The van der Waals surface area contributed by atoms with Gasteiger partial charge in [0, 0.05) is 0 Å². The number of carbonyl (C=O) groups excluding carboxylic acids is 1. The summed E-state index contributed by atoms with van der Waals surface area (Å²) in [5, 5.41) is 0. The second-order valence-electron chi connectivity index (χ2n) is 4.28. The van der Waals surface area contributed by atoms with Crippen molar-refractivity contribution in [3.63, 3.8) is 0 Å². The first-order valence-electron chi connectivity index (χ1n) is 6.16. The molecule has 19 heavy (non-hydrogen) atoms. The van der Waals surface area contributed by atoms with E-state index >= 15 is 0 Å². The molecule has 96 valence electrons. The third kappa shape index (κ3) is 2.58. The first-order chi connectivity index (χ1) is 9.17. The molecule has 0 spiro atoms. The van der Waals surface area contributed by atoms with E-state index in [-0.39, 0.29) is 5.78 Å². The van der Waals surface area contributed by atoms with E-state index < -0.39 is 0 Å². The zero-order valence-electron chi connectivity index (χ0n) is 11.1.